The lowest BCUT2D eigenvalue weighted by molar-refractivity contribution is 0.0649. The van der Waals surface area contributed by atoms with Gasteiger partial charge in [-0.1, -0.05) is 6.92 Å². The number of carboxylic acid groups (broad SMARTS) is 2. The van der Waals surface area contributed by atoms with Gasteiger partial charge in [-0.3, -0.25) is 0 Å². The third kappa shape index (κ3) is 3.55. The summed E-state index contributed by atoms with van der Waals surface area (Å²) in [5.74, 6) is -4.40. The number of aromatic hydroxyl groups is 3. The number of aliphatic hydroxyl groups excluding tert-OH is 1. The summed E-state index contributed by atoms with van der Waals surface area (Å²) in [4.78, 5) is 23.5. The van der Waals surface area contributed by atoms with Gasteiger partial charge in [-0.2, -0.15) is 0 Å². The second-order valence-corrected chi connectivity index (χ2v) is 5.75. The van der Waals surface area contributed by atoms with Gasteiger partial charge in [-0.15, -0.1) is 0 Å². The van der Waals surface area contributed by atoms with Crippen LogP contribution < -0.4 is 0 Å². The first-order chi connectivity index (χ1) is 12.2. The first-order valence-electron chi connectivity index (χ1n) is 7.73. The fraction of sp³-hybridized carbons (Fsp3) is 0.222. The maximum Gasteiger partial charge on any atom is 0.337 e. The number of benzene rings is 2. The van der Waals surface area contributed by atoms with E-state index in [0.717, 1.165) is 18.2 Å². The first-order valence-corrected chi connectivity index (χ1v) is 7.73. The van der Waals surface area contributed by atoms with Crippen LogP contribution in [0.25, 0.3) is 11.1 Å². The number of carbonyl (C=O) groups is 2. The molecule has 8 nitrogen and oxygen atoms in total. The standard InChI is InChI=1S/C18H18O8/c1-2-8(19)5-12-14(22)7-11(10-6-9(20)3-4-13(10)21)15(17(23)24)16(12)18(25)26/h3-4,6-8,19-22H,2,5H2,1H3,(H,23,24)(H,25,26). The summed E-state index contributed by atoms with van der Waals surface area (Å²) in [6.45, 7) is 1.65. The van der Waals surface area contributed by atoms with E-state index in [4.69, 9.17) is 0 Å². The van der Waals surface area contributed by atoms with Gasteiger partial charge in [0.05, 0.1) is 17.2 Å². The number of carboxylic acids is 2. The summed E-state index contributed by atoms with van der Waals surface area (Å²) in [6, 6.07) is 4.34. The van der Waals surface area contributed by atoms with Crippen molar-refractivity contribution >= 4 is 11.9 Å². The lowest BCUT2D eigenvalue weighted by atomic mass is 9.88. The number of hydrogen-bond acceptors (Lipinski definition) is 6. The van der Waals surface area contributed by atoms with Crippen LogP contribution in [0.3, 0.4) is 0 Å². The van der Waals surface area contributed by atoms with Crippen LogP contribution in [0.15, 0.2) is 24.3 Å². The second-order valence-electron chi connectivity index (χ2n) is 5.75. The van der Waals surface area contributed by atoms with Crippen molar-refractivity contribution in [3.05, 3.63) is 41.0 Å². The Morgan fingerprint density at radius 3 is 2.08 bits per heavy atom. The van der Waals surface area contributed by atoms with Crippen LogP contribution in [0.5, 0.6) is 17.2 Å². The Balaban J connectivity index is 2.89. The molecule has 0 aliphatic carbocycles. The van der Waals surface area contributed by atoms with Crippen molar-refractivity contribution in [2.45, 2.75) is 25.9 Å². The Bertz CT molecular complexity index is 872. The largest absolute Gasteiger partial charge is 0.508 e. The summed E-state index contributed by atoms with van der Waals surface area (Å²) in [5, 5.41) is 58.8. The number of phenols is 3. The Kier molecular flexibility index (Phi) is 5.37. The molecule has 0 radical (unpaired) electrons. The molecule has 0 spiro atoms. The average Bonchev–Trinajstić information content (AvgIpc) is 2.57. The van der Waals surface area contributed by atoms with Gasteiger partial charge in [0, 0.05) is 23.1 Å². The van der Waals surface area contributed by atoms with Crippen molar-refractivity contribution in [1.29, 1.82) is 0 Å². The van der Waals surface area contributed by atoms with Crippen LogP contribution in [-0.2, 0) is 6.42 Å². The second kappa shape index (κ2) is 7.32. The molecule has 26 heavy (non-hydrogen) atoms. The smallest absolute Gasteiger partial charge is 0.337 e. The SMILES string of the molecule is CCC(O)Cc1c(O)cc(-c2cc(O)ccc2O)c(C(=O)O)c1C(=O)O. The van der Waals surface area contributed by atoms with E-state index < -0.39 is 40.7 Å². The van der Waals surface area contributed by atoms with Crippen LogP contribution in [0, 0.1) is 0 Å². The molecule has 0 saturated heterocycles. The molecule has 6 N–H and O–H groups in total. The molecule has 0 aliphatic heterocycles. The van der Waals surface area contributed by atoms with E-state index in [2.05, 4.69) is 0 Å². The van der Waals surface area contributed by atoms with Crippen LogP contribution in [0.1, 0.15) is 39.6 Å². The number of hydrogen-bond donors (Lipinski definition) is 6. The third-order valence-electron chi connectivity index (χ3n) is 4.02. The van der Waals surface area contributed by atoms with E-state index in [-0.39, 0.29) is 35.3 Å². The summed E-state index contributed by atoms with van der Waals surface area (Å²) < 4.78 is 0. The molecule has 0 aromatic heterocycles. The number of phenolic OH excluding ortho intramolecular Hbond substituents is 3. The molecule has 0 fully saturated rings. The molecule has 0 bridgehead atoms. The van der Waals surface area contributed by atoms with E-state index in [9.17, 15) is 40.2 Å². The molecule has 0 heterocycles. The Hall–Kier alpha value is -3.26. The van der Waals surface area contributed by atoms with Gasteiger partial charge in [0.2, 0.25) is 0 Å². The van der Waals surface area contributed by atoms with E-state index in [0.29, 0.717) is 0 Å². The van der Waals surface area contributed by atoms with Crippen molar-refractivity contribution in [2.24, 2.45) is 0 Å². The van der Waals surface area contributed by atoms with Crippen molar-refractivity contribution in [3.8, 4) is 28.4 Å². The highest BCUT2D eigenvalue weighted by atomic mass is 16.4. The molecule has 0 saturated carbocycles. The molecule has 2 aromatic rings. The zero-order valence-corrected chi connectivity index (χ0v) is 13.8. The Morgan fingerprint density at radius 2 is 1.54 bits per heavy atom. The minimum atomic E-state index is -1.60. The van der Waals surface area contributed by atoms with Crippen molar-refractivity contribution in [3.63, 3.8) is 0 Å². The summed E-state index contributed by atoms with van der Waals surface area (Å²) in [7, 11) is 0. The van der Waals surface area contributed by atoms with Crippen molar-refractivity contribution < 1.29 is 40.2 Å². The summed E-state index contributed by atoms with van der Waals surface area (Å²) >= 11 is 0. The van der Waals surface area contributed by atoms with Gasteiger partial charge in [0.15, 0.2) is 0 Å². The van der Waals surface area contributed by atoms with Gasteiger partial charge in [0.25, 0.3) is 0 Å². The monoisotopic (exact) mass is 362 g/mol. The van der Waals surface area contributed by atoms with Crippen LogP contribution in [0.4, 0.5) is 0 Å². The molecule has 1 unspecified atom stereocenters. The molecule has 2 rings (SSSR count). The van der Waals surface area contributed by atoms with Crippen LogP contribution >= 0.6 is 0 Å². The molecule has 8 heteroatoms. The molecular weight excluding hydrogens is 344 g/mol. The highest BCUT2D eigenvalue weighted by Crippen LogP contribution is 2.40. The van der Waals surface area contributed by atoms with Gasteiger partial charge in [-0.25, -0.2) is 9.59 Å². The highest BCUT2D eigenvalue weighted by Gasteiger charge is 2.29. The third-order valence-corrected chi connectivity index (χ3v) is 4.02. The van der Waals surface area contributed by atoms with Crippen molar-refractivity contribution in [1.82, 2.24) is 0 Å². The zero-order chi connectivity index (χ0) is 19.6. The number of rotatable bonds is 6. The van der Waals surface area contributed by atoms with E-state index in [1.54, 1.807) is 6.92 Å². The Morgan fingerprint density at radius 1 is 0.923 bits per heavy atom. The quantitative estimate of drug-likeness (QED) is 0.427. The topological polar surface area (TPSA) is 156 Å². The van der Waals surface area contributed by atoms with Crippen LogP contribution in [0.2, 0.25) is 0 Å². The maximum absolute atomic E-state index is 11.8. The van der Waals surface area contributed by atoms with Gasteiger partial charge in [0.1, 0.15) is 17.2 Å². The van der Waals surface area contributed by atoms with Gasteiger partial charge in [-0.05, 0) is 30.7 Å². The van der Waals surface area contributed by atoms with Gasteiger partial charge >= 0.3 is 11.9 Å². The highest BCUT2D eigenvalue weighted by molar-refractivity contribution is 6.08. The fourth-order valence-electron chi connectivity index (χ4n) is 2.71. The lowest BCUT2D eigenvalue weighted by Gasteiger charge is -2.18. The average molecular weight is 362 g/mol. The fourth-order valence-corrected chi connectivity index (χ4v) is 2.71. The Labute approximate surface area is 148 Å². The molecule has 0 amide bonds. The van der Waals surface area contributed by atoms with E-state index >= 15 is 0 Å². The van der Waals surface area contributed by atoms with Gasteiger partial charge < -0.3 is 30.6 Å². The van der Waals surface area contributed by atoms with Crippen LogP contribution in [-0.4, -0.2) is 48.7 Å². The molecule has 0 aliphatic rings. The number of aliphatic hydroxyl groups is 1. The van der Waals surface area contributed by atoms with Crippen molar-refractivity contribution in [2.75, 3.05) is 0 Å². The first kappa shape index (κ1) is 19.1. The molecule has 1 atom stereocenters. The minimum absolute atomic E-state index is 0.150. The van der Waals surface area contributed by atoms with E-state index in [1.807, 2.05) is 0 Å². The lowest BCUT2D eigenvalue weighted by Crippen LogP contribution is -2.17. The minimum Gasteiger partial charge on any atom is -0.508 e. The summed E-state index contributed by atoms with van der Waals surface area (Å²) in [6.07, 6.45) is -0.951. The molecular formula is C18H18O8. The number of aromatic carboxylic acids is 2. The molecule has 2 aromatic carbocycles. The predicted octanol–water partition coefficient (Wildman–Crippen LogP) is 2.18. The molecule has 138 valence electrons. The predicted molar refractivity (Wildman–Crippen MR) is 90.8 cm³/mol. The maximum atomic E-state index is 11.8. The normalized spacial score (nSPS) is 11.9. The van der Waals surface area contributed by atoms with E-state index in [1.165, 1.54) is 6.07 Å². The zero-order valence-electron chi connectivity index (χ0n) is 13.8. The summed E-state index contributed by atoms with van der Waals surface area (Å²) in [5.41, 5.74) is -1.97.